The lowest BCUT2D eigenvalue weighted by atomic mass is 9.89. The first-order valence-corrected chi connectivity index (χ1v) is 4.41. The summed E-state index contributed by atoms with van der Waals surface area (Å²) in [6, 6.07) is 7.51. The Kier molecular flexibility index (Phi) is 1.93. The molecular weight excluding hydrogens is 180 g/mol. The van der Waals surface area contributed by atoms with E-state index in [1.54, 1.807) is 0 Å². The third-order valence-corrected chi connectivity index (χ3v) is 2.45. The highest BCUT2D eigenvalue weighted by molar-refractivity contribution is 5.85. The van der Waals surface area contributed by atoms with E-state index in [2.05, 4.69) is 0 Å². The quantitative estimate of drug-likeness (QED) is 0.647. The molecular formula is C10H12N2O2. The second-order valence-electron chi connectivity index (χ2n) is 3.59. The fourth-order valence-corrected chi connectivity index (χ4v) is 1.55. The largest absolute Gasteiger partial charge is 0.491 e. The van der Waals surface area contributed by atoms with Gasteiger partial charge in [-0.05, 0) is 11.6 Å². The van der Waals surface area contributed by atoms with E-state index in [0.717, 1.165) is 11.3 Å². The molecule has 0 bridgehead atoms. The zero-order valence-corrected chi connectivity index (χ0v) is 7.69. The third kappa shape index (κ3) is 1.33. The minimum absolute atomic E-state index is 0.152. The van der Waals surface area contributed by atoms with Gasteiger partial charge in [0.25, 0.3) is 0 Å². The summed E-state index contributed by atoms with van der Waals surface area (Å²) < 4.78 is 5.37. The first-order valence-electron chi connectivity index (χ1n) is 4.41. The van der Waals surface area contributed by atoms with Crippen LogP contribution in [-0.4, -0.2) is 18.1 Å². The van der Waals surface area contributed by atoms with Crippen LogP contribution in [-0.2, 0) is 11.2 Å². The summed E-state index contributed by atoms with van der Waals surface area (Å²) in [5.41, 5.74) is 10.9. The van der Waals surface area contributed by atoms with Crippen molar-refractivity contribution in [3.63, 3.8) is 0 Å². The predicted molar refractivity (Wildman–Crippen MR) is 51.8 cm³/mol. The molecule has 0 saturated heterocycles. The van der Waals surface area contributed by atoms with Crippen LogP contribution in [0.5, 0.6) is 5.75 Å². The first kappa shape index (κ1) is 9.02. The summed E-state index contributed by atoms with van der Waals surface area (Å²) in [4.78, 5) is 11.1. The molecule has 74 valence electrons. The lowest BCUT2D eigenvalue weighted by Crippen LogP contribution is -2.59. The molecule has 0 aromatic heterocycles. The predicted octanol–water partition coefficient (Wildman–Crippen LogP) is -0.196. The Labute approximate surface area is 81.8 Å². The number of primary amides is 1. The van der Waals surface area contributed by atoms with Gasteiger partial charge in [0, 0.05) is 6.42 Å². The van der Waals surface area contributed by atoms with Gasteiger partial charge in [0.1, 0.15) is 17.9 Å². The van der Waals surface area contributed by atoms with Crippen molar-refractivity contribution in [2.75, 3.05) is 6.61 Å². The standard InChI is InChI=1S/C10H12N2O2/c11-9(13)10(12)5-7-3-1-2-4-8(7)14-6-10/h1-4H,5-6,12H2,(H2,11,13)/t10-/m1/s1. The summed E-state index contributed by atoms with van der Waals surface area (Å²) in [7, 11) is 0. The summed E-state index contributed by atoms with van der Waals surface area (Å²) in [6.45, 7) is 0.152. The van der Waals surface area contributed by atoms with Crippen LogP contribution in [0.3, 0.4) is 0 Å². The molecule has 4 N–H and O–H groups in total. The van der Waals surface area contributed by atoms with Gasteiger partial charge in [0.15, 0.2) is 0 Å². The van der Waals surface area contributed by atoms with Crippen LogP contribution in [0.25, 0.3) is 0 Å². The van der Waals surface area contributed by atoms with Gasteiger partial charge >= 0.3 is 0 Å². The van der Waals surface area contributed by atoms with Crippen molar-refractivity contribution in [2.24, 2.45) is 11.5 Å². The molecule has 1 aliphatic heterocycles. The molecule has 1 aliphatic rings. The summed E-state index contributed by atoms with van der Waals surface area (Å²) in [5.74, 6) is 0.266. The Bertz CT molecular complexity index is 378. The van der Waals surface area contributed by atoms with Crippen molar-refractivity contribution in [1.82, 2.24) is 0 Å². The number of nitrogens with two attached hydrogens (primary N) is 2. The summed E-state index contributed by atoms with van der Waals surface area (Å²) in [5, 5.41) is 0. The average Bonchev–Trinajstić information content (AvgIpc) is 2.17. The van der Waals surface area contributed by atoms with E-state index in [4.69, 9.17) is 16.2 Å². The molecule has 1 heterocycles. The maximum absolute atomic E-state index is 11.1. The molecule has 0 fully saturated rings. The molecule has 14 heavy (non-hydrogen) atoms. The number of rotatable bonds is 1. The second-order valence-corrected chi connectivity index (χ2v) is 3.59. The summed E-state index contributed by atoms with van der Waals surface area (Å²) in [6.07, 6.45) is 0.443. The third-order valence-electron chi connectivity index (χ3n) is 2.45. The van der Waals surface area contributed by atoms with Crippen molar-refractivity contribution in [1.29, 1.82) is 0 Å². The van der Waals surface area contributed by atoms with Gasteiger partial charge in [-0.25, -0.2) is 0 Å². The summed E-state index contributed by atoms with van der Waals surface area (Å²) >= 11 is 0. The number of benzene rings is 1. The van der Waals surface area contributed by atoms with Gasteiger partial charge in [-0.2, -0.15) is 0 Å². The van der Waals surface area contributed by atoms with Crippen LogP contribution < -0.4 is 16.2 Å². The monoisotopic (exact) mass is 192 g/mol. The zero-order chi connectivity index (χ0) is 10.2. The van der Waals surface area contributed by atoms with E-state index in [1.807, 2.05) is 24.3 Å². The number of amides is 1. The van der Waals surface area contributed by atoms with Gasteiger partial charge in [-0.1, -0.05) is 18.2 Å². The van der Waals surface area contributed by atoms with Crippen molar-refractivity contribution < 1.29 is 9.53 Å². The van der Waals surface area contributed by atoms with Gasteiger partial charge in [0.05, 0.1) is 0 Å². The Morgan fingerprint density at radius 1 is 1.43 bits per heavy atom. The van der Waals surface area contributed by atoms with Crippen LogP contribution in [0.2, 0.25) is 0 Å². The van der Waals surface area contributed by atoms with Gasteiger partial charge in [0.2, 0.25) is 5.91 Å². The minimum Gasteiger partial charge on any atom is -0.491 e. The van der Waals surface area contributed by atoms with Crippen LogP contribution in [0.1, 0.15) is 5.56 Å². The molecule has 1 amide bonds. The molecule has 0 radical (unpaired) electrons. The SMILES string of the molecule is NC(=O)[C@]1(N)COc2ccccc2C1. The van der Waals surface area contributed by atoms with Gasteiger partial charge < -0.3 is 16.2 Å². The fraction of sp³-hybridized carbons (Fsp3) is 0.300. The maximum atomic E-state index is 11.1. The van der Waals surface area contributed by atoms with E-state index in [-0.39, 0.29) is 6.61 Å². The van der Waals surface area contributed by atoms with E-state index < -0.39 is 11.4 Å². The van der Waals surface area contributed by atoms with Crippen molar-refractivity contribution in [2.45, 2.75) is 12.0 Å². The highest BCUT2D eigenvalue weighted by Crippen LogP contribution is 2.27. The van der Waals surface area contributed by atoms with E-state index >= 15 is 0 Å². The van der Waals surface area contributed by atoms with Crippen molar-refractivity contribution in [3.8, 4) is 5.75 Å². The van der Waals surface area contributed by atoms with Gasteiger partial charge in [-0.15, -0.1) is 0 Å². The van der Waals surface area contributed by atoms with Crippen LogP contribution in [0.15, 0.2) is 24.3 Å². The van der Waals surface area contributed by atoms with E-state index in [1.165, 1.54) is 0 Å². The molecule has 1 atom stereocenters. The molecule has 0 spiro atoms. The number of carbonyl (C=O) groups excluding carboxylic acids is 1. The first-order chi connectivity index (χ1) is 6.62. The van der Waals surface area contributed by atoms with Crippen molar-refractivity contribution in [3.05, 3.63) is 29.8 Å². The Morgan fingerprint density at radius 2 is 2.14 bits per heavy atom. The van der Waals surface area contributed by atoms with Crippen LogP contribution in [0.4, 0.5) is 0 Å². The Balaban J connectivity index is 2.34. The van der Waals surface area contributed by atoms with Crippen molar-refractivity contribution >= 4 is 5.91 Å². The number of carbonyl (C=O) groups is 1. The highest BCUT2D eigenvalue weighted by atomic mass is 16.5. The lowest BCUT2D eigenvalue weighted by molar-refractivity contribution is -0.124. The zero-order valence-electron chi connectivity index (χ0n) is 7.69. The minimum atomic E-state index is -1.06. The molecule has 4 heteroatoms. The van der Waals surface area contributed by atoms with E-state index in [9.17, 15) is 4.79 Å². The molecule has 0 unspecified atom stereocenters. The number of fused-ring (bicyclic) bond motifs is 1. The topological polar surface area (TPSA) is 78.3 Å². The van der Waals surface area contributed by atoms with Crippen LogP contribution in [0, 0.1) is 0 Å². The second kappa shape index (κ2) is 2.99. The number of para-hydroxylation sites is 1. The molecule has 0 saturated carbocycles. The molecule has 0 aliphatic carbocycles. The molecule has 2 rings (SSSR count). The molecule has 1 aromatic rings. The Hall–Kier alpha value is -1.55. The van der Waals surface area contributed by atoms with Crippen LogP contribution >= 0.6 is 0 Å². The maximum Gasteiger partial charge on any atom is 0.241 e. The van der Waals surface area contributed by atoms with E-state index in [0.29, 0.717) is 6.42 Å². The average molecular weight is 192 g/mol. The number of hydrogen-bond acceptors (Lipinski definition) is 3. The normalized spacial score (nSPS) is 24.9. The van der Waals surface area contributed by atoms with Gasteiger partial charge in [-0.3, -0.25) is 4.79 Å². The highest BCUT2D eigenvalue weighted by Gasteiger charge is 2.37. The smallest absolute Gasteiger partial charge is 0.241 e. The molecule has 4 nitrogen and oxygen atoms in total. The number of hydrogen-bond donors (Lipinski definition) is 2. The molecule has 1 aromatic carbocycles. The fourth-order valence-electron chi connectivity index (χ4n) is 1.55. The lowest BCUT2D eigenvalue weighted by Gasteiger charge is -2.31. The Morgan fingerprint density at radius 3 is 2.86 bits per heavy atom. The number of ether oxygens (including phenoxy) is 1.